The lowest BCUT2D eigenvalue weighted by molar-refractivity contribution is -0.332. The molecule has 1 aliphatic rings. The Morgan fingerprint density at radius 2 is 2.20 bits per heavy atom. The van der Waals surface area contributed by atoms with Gasteiger partial charge in [-0.15, -0.1) is 0 Å². The van der Waals surface area contributed by atoms with Crippen LogP contribution >= 0.6 is 15.9 Å². The van der Waals surface area contributed by atoms with Crippen molar-refractivity contribution in [3.8, 4) is 0 Å². The second-order valence-corrected chi connectivity index (χ2v) is 4.45. The largest absolute Gasteiger partial charge is 0.356 e. The predicted octanol–water partition coefficient (Wildman–Crippen LogP) is 2.27. The molecule has 15 heavy (non-hydrogen) atoms. The molecule has 82 valence electrons. The van der Waals surface area contributed by atoms with Gasteiger partial charge in [-0.05, 0) is 17.7 Å². The minimum atomic E-state index is -2.89. The van der Waals surface area contributed by atoms with Crippen LogP contribution in [0.5, 0.6) is 0 Å². The maximum Gasteiger partial charge on any atom is 0.304 e. The molecule has 0 radical (unpaired) electrons. The van der Waals surface area contributed by atoms with E-state index in [0.29, 0.717) is 5.56 Å². The predicted molar refractivity (Wildman–Crippen MR) is 55.8 cm³/mol. The van der Waals surface area contributed by atoms with E-state index >= 15 is 0 Å². The third-order valence-corrected chi connectivity index (χ3v) is 3.16. The van der Waals surface area contributed by atoms with E-state index in [1.165, 1.54) is 0 Å². The van der Waals surface area contributed by atoms with Crippen molar-refractivity contribution in [2.75, 3.05) is 13.2 Å². The van der Waals surface area contributed by atoms with Crippen LogP contribution in [0.15, 0.2) is 28.7 Å². The van der Waals surface area contributed by atoms with Crippen molar-refractivity contribution in [1.82, 2.24) is 0 Å². The number of alkyl halides is 2. The third-order valence-electron chi connectivity index (χ3n) is 2.67. The highest BCUT2D eigenvalue weighted by molar-refractivity contribution is 9.10. The van der Waals surface area contributed by atoms with Crippen LogP contribution in [0.25, 0.3) is 0 Å². The van der Waals surface area contributed by atoms with Crippen LogP contribution in [0.4, 0.5) is 8.78 Å². The Morgan fingerprint density at radius 1 is 1.47 bits per heavy atom. The first kappa shape index (κ1) is 11.0. The lowest BCUT2D eigenvalue weighted by Gasteiger charge is -2.48. The molecule has 1 aliphatic heterocycles. The molecule has 0 spiro atoms. The highest BCUT2D eigenvalue weighted by Gasteiger charge is 2.64. The molecule has 1 fully saturated rings. The number of halogens is 3. The Balaban J connectivity index is 2.44. The zero-order valence-corrected chi connectivity index (χ0v) is 9.43. The minimum absolute atomic E-state index is 0.226. The lowest BCUT2D eigenvalue weighted by atomic mass is 9.83. The maximum absolute atomic E-state index is 13.5. The van der Waals surface area contributed by atoms with Gasteiger partial charge in [0.05, 0.1) is 0 Å². The summed E-state index contributed by atoms with van der Waals surface area (Å²) in [5.74, 6) is -2.89. The van der Waals surface area contributed by atoms with Crippen molar-refractivity contribution < 1.29 is 13.5 Å². The molecule has 1 aromatic rings. The van der Waals surface area contributed by atoms with E-state index in [1.807, 2.05) is 0 Å². The Morgan fingerprint density at radius 3 is 2.60 bits per heavy atom. The first-order valence-corrected chi connectivity index (χ1v) is 5.29. The summed E-state index contributed by atoms with van der Waals surface area (Å²) in [6.07, 6.45) is 0. The van der Waals surface area contributed by atoms with Crippen LogP contribution in [0, 0.1) is 0 Å². The third kappa shape index (κ3) is 1.49. The standard InChI is InChI=1S/C10H10BrF2NO/c11-8-3-1-2-7(4-8)9(5-14)10(12,13)6-15-9/h1-4H,5-6,14H2. The van der Waals surface area contributed by atoms with E-state index in [4.69, 9.17) is 10.5 Å². The molecule has 0 saturated carbocycles. The summed E-state index contributed by atoms with van der Waals surface area (Å²) in [6.45, 7) is -0.785. The monoisotopic (exact) mass is 277 g/mol. The van der Waals surface area contributed by atoms with Crippen LogP contribution in [-0.2, 0) is 10.3 Å². The Bertz CT molecular complexity index is 381. The van der Waals surface area contributed by atoms with Crippen molar-refractivity contribution in [2.45, 2.75) is 11.5 Å². The highest BCUT2D eigenvalue weighted by Crippen LogP contribution is 2.49. The molecule has 2 nitrogen and oxygen atoms in total. The van der Waals surface area contributed by atoms with E-state index in [1.54, 1.807) is 24.3 Å². The molecule has 5 heteroatoms. The zero-order chi connectivity index (χ0) is 11.1. The topological polar surface area (TPSA) is 35.2 Å². The molecule has 2 rings (SSSR count). The molecule has 1 unspecified atom stereocenters. The zero-order valence-electron chi connectivity index (χ0n) is 7.84. The molecule has 0 amide bonds. The molecule has 0 aliphatic carbocycles. The van der Waals surface area contributed by atoms with E-state index in [-0.39, 0.29) is 6.54 Å². The van der Waals surface area contributed by atoms with Crippen LogP contribution in [0.3, 0.4) is 0 Å². The summed E-state index contributed by atoms with van der Waals surface area (Å²) < 4.78 is 32.7. The summed E-state index contributed by atoms with van der Waals surface area (Å²) in [6, 6.07) is 6.67. The van der Waals surface area contributed by atoms with Crippen LogP contribution in [0.2, 0.25) is 0 Å². The summed E-state index contributed by atoms with van der Waals surface area (Å²) in [5, 5.41) is 0. The molecule has 0 aromatic heterocycles. The first-order valence-electron chi connectivity index (χ1n) is 4.50. The molecule has 1 aromatic carbocycles. The second-order valence-electron chi connectivity index (χ2n) is 3.53. The van der Waals surface area contributed by atoms with E-state index in [9.17, 15) is 8.78 Å². The van der Waals surface area contributed by atoms with Crippen molar-refractivity contribution >= 4 is 15.9 Å². The van der Waals surface area contributed by atoms with Crippen LogP contribution < -0.4 is 5.73 Å². The van der Waals surface area contributed by atoms with E-state index in [0.717, 1.165) is 4.47 Å². The second kappa shape index (κ2) is 3.50. The average Bonchev–Trinajstić information content (AvgIpc) is 2.18. The van der Waals surface area contributed by atoms with Gasteiger partial charge in [-0.1, -0.05) is 28.1 Å². The van der Waals surface area contributed by atoms with Crippen molar-refractivity contribution in [3.63, 3.8) is 0 Å². The van der Waals surface area contributed by atoms with Gasteiger partial charge in [-0.2, -0.15) is 0 Å². The lowest BCUT2D eigenvalue weighted by Crippen LogP contribution is -2.64. The fraction of sp³-hybridized carbons (Fsp3) is 0.400. The quantitative estimate of drug-likeness (QED) is 0.900. The normalized spacial score (nSPS) is 28.5. The van der Waals surface area contributed by atoms with Gasteiger partial charge in [0.2, 0.25) is 0 Å². The Kier molecular flexibility index (Phi) is 2.56. The molecule has 1 heterocycles. The van der Waals surface area contributed by atoms with Crippen molar-refractivity contribution in [1.29, 1.82) is 0 Å². The van der Waals surface area contributed by atoms with Gasteiger partial charge in [-0.3, -0.25) is 0 Å². The van der Waals surface area contributed by atoms with Gasteiger partial charge in [0.1, 0.15) is 6.61 Å². The summed E-state index contributed by atoms with van der Waals surface area (Å²) >= 11 is 3.23. The maximum atomic E-state index is 13.5. The fourth-order valence-corrected chi connectivity index (χ4v) is 2.12. The van der Waals surface area contributed by atoms with Gasteiger partial charge in [0, 0.05) is 11.0 Å². The van der Waals surface area contributed by atoms with E-state index < -0.39 is 18.1 Å². The van der Waals surface area contributed by atoms with Gasteiger partial charge in [-0.25, -0.2) is 8.78 Å². The number of nitrogens with two attached hydrogens (primary N) is 1. The summed E-state index contributed by atoms with van der Waals surface area (Å²) in [4.78, 5) is 0. The van der Waals surface area contributed by atoms with Gasteiger partial charge in [0.15, 0.2) is 5.60 Å². The molecule has 2 N–H and O–H groups in total. The number of benzene rings is 1. The minimum Gasteiger partial charge on any atom is -0.356 e. The number of hydrogen-bond acceptors (Lipinski definition) is 2. The highest BCUT2D eigenvalue weighted by atomic mass is 79.9. The summed E-state index contributed by atoms with van der Waals surface area (Å²) in [5.41, 5.74) is 4.18. The molecular formula is C10H10BrF2NO. The molecule has 1 saturated heterocycles. The van der Waals surface area contributed by atoms with Crippen LogP contribution in [0.1, 0.15) is 5.56 Å². The first-order chi connectivity index (χ1) is 7.02. The van der Waals surface area contributed by atoms with Crippen molar-refractivity contribution in [3.05, 3.63) is 34.3 Å². The number of ether oxygens (including phenoxy) is 1. The smallest absolute Gasteiger partial charge is 0.304 e. The number of hydrogen-bond donors (Lipinski definition) is 1. The van der Waals surface area contributed by atoms with Crippen LogP contribution in [-0.4, -0.2) is 19.1 Å². The van der Waals surface area contributed by atoms with E-state index in [2.05, 4.69) is 15.9 Å². The fourth-order valence-electron chi connectivity index (χ4n) is 1.72. The van der Waals surface area contributed by atoms with Crippen molar-refractivity contribution in [2.24, 2.45) is 5.73 Å². The van der Waals surface area contributed by atoms with Gasteiger partial charge in [0.25, 0.3) is 0 Å². The van der Waals surface area contributed by atoms with Gasteiger partial charge >= 0.3 is 5.92 Å². The molecular weight excluding hydrogens is 268 g/mol. The summed E-state index contributed by atoms with van der Waals surface area (Å²) in [7, 11) is 0. The van der Waals surface area contributed by atoms with Gasteiger partial charge < -0.3 is 10.5 Å². The Labute approximate surface area is 94.5 Å². The number of rotatable bonds is 2. The molecule has 0 bridgehead atoms. The Hall–Kier alpha value is -0.520. The average molecular weight is 278 g/mol. The SMILES string of the molecule is NCC1(c2cccc(Br)c2)OCC1(F)F. The molecule has 1 atom stereocenters.